The number of methoxy groups -OCH3 is 2. The van der Waals surface area contributed by atoms with Crippen LogP contribution in [-0.4, -0.2) is 34.9 Å². The Hall–Kier alpha value is -3.88. The SMILES string of the molecule is COC(=O)c1cccc(-n2cccc2[C@@H]2[C@@H](c3ccccn3)NC(=S)N2c2ccc(OC)c(Cl)c2)c1. The second-order valence-corrected chi connectivity index (χ2v) is 8.95. The van der Waals surface area contributed by atoms with Gasteiger partial charge < -0.3 is 24.3 Å². The van der Waals surface area contributed by atoms with Gasteiger partial charge in [-0.05, 0) is 72.9 Å². The molecule has 0 radical (unpaired) electrons. The summed E-state index contributed by atoms with van der Waals surface area (Å²) in [6, 6.07) is 22.2. The number of nitrogens with one attached hydrogen (secondary N) is 1. The summed E-state index contributed by atoms with van der Waals surface area (Å²) < 4.78 is 12.3. The summed E-state index contributed by atoms with van der Waals surface area (Å²) in [5.41, 5.74) is 3.91. The number of carbonyl (C=O) groups excluding carboxylic acids is 1. The third-order valence-electron chi connectivity index (χ3n) is 6.14. The van der Waals surface area contributed by atoms with Crippen LogP contribution in [0.1, 0.15) is 33.8 Å². The molecule has 9 heteroatoms. The average Bonchev–Trinajstić information content (AvgIpc) is 3.53. The molecular formula is C27H23ClN4O3S. The minimum absolute atomic E-state index is 0.239. The van der Waals surface area contributed by atoms with E-state index in [0.717, 1.165) is 22.8 Å². The molecule has 1 saturated heterocycles. The Balaban J connectivity index is 1.65. The molecular weight excluding hydrogens is 496 g/mol. The number of halogens is 1. The predicted octanol–water partition coefficient (Wildman–Crippen LogP) is 5.50. The Morgan fingerprint density at radius 3 is 2.61 bits per heavy atom. The van der Waals surface area contributed by atoms with Crippen LogP contribution in [0.25, 0.3) is 5.69 Å². The molecule has 2 aromatic carbocycles. The van der Waals surface area contributed by atoms with E-state index in [-0.39, 0.29) is 12.1 Å². The first-order valence-electron chi connectivity index (χ1n) is 11.2. The molecule has 36 heavy (non-hydrogen) atoms. The fourth-order valence-electron chi connectivity index (χ4n) is 4.51. The lowest BCUT2D eigenvalue weighted by atomic mass is 10.0. The number of anilines is 1. The Bertz CT molecular complexity index is 1430. The number of carbonyl (C=O) groups is 1. The summed E-state index contributed by atoms with van der Waals surface area (Å²) in [6.45, 7) is 0. The maximum absolute atomic E-state index is 12.2. The second-order valence-electron chi connectivity index (χ2n) is 8.16. The van der Waals surface area contributed by atoms with E-state index in [4.69, 9.17) is 33.3 Å². The highest BCUT2D eigenvalue weighted by atomic mass is 35.5. The quantitative estimate of drug-likeness (QED) is 0.267. The van der Waals surface area contributed by atoms with Gasteiger partial charge in [-0.2, -0.15) is 0 Å². The van der Waals surface area contributed by atoms with Crippen molar-refractivity contribution in [1.82, 2.24) is 14.9 Å². The van der Waals surface area contributed by atoms with Crippen LogP contribution >= 0.6 is 23.8 Å². The smallest absolute Gasteiger partial charge is 0.337 e. The van der Waals surface area contributed by atoms with Crippen LogP contribution in [0.4, 0.5) is 5.69 Å². The molecule has 1 fully saturated rings. The molecule has 0 saturated carbocycles. The Morgan fingerprint density at radius 2 is 1.89 bits per heavy atom. The van der Waals surface area contributed by atoms with Crippen molar-refractivity contribution in [2.45, 2.75) is 12.1 Å². The van der Waals surface area contributed by atoms with Gasteiger partial charge in [0.15, 0.2) is 5.11 Å². The van der Waals surface area contributed by atoms with Gasteiger partial charge in [0.25, 0.3) is 0 Å². The third-order valence-corrected chi connectivity index (χ3v) is 6.75. The lowest BCUT2D eigenvalue weighted by Crippen LogP contribution is -2.30. The molecule has 2 aromatic heterocycles. The summed E-state index contributed by atoms with van der Waals surface area (Å²) in [5.74, 6) is 0.189. The number of hydrogen-bond donors (Lipinski definition) is 1. The highest BCUT2D eigenvalue weighted by molar-refractivity contribution is 7.80. The highest BCUT2D eigenvalue weighted by Gasteiger charge is 2.42. The van der Waals surface area contributed by atoms with Gasteiger partial charge in [-0.25, -0.2) is 4.79 Å². The maximum atomic E-state index is 12.2. The molecule has 0 bridgehead atoms. The van der Waals surface area contributed by atoms with E-state index in [1.165, 1.54) is 7.11 Å². The van der Waals surface area contributed by atoms with E-state index in [2.05, 4.69) is 10.3 Å². The van der Waals surface area contributed by atoms with Crippen molar-refractivity contribution in [2.75, 3.05) is 19.1 Å². The van der Waals surface area contributed by atoms with Crippen LogP contribution in [-0.2, 0) is 4.74 Å². The Morgan fingerprint density at radius 1 is 1.03 bits per heavy atom. The van der Waals surface area contributed by atoms with Crippen LogP contribution in [0.2, 0.25) is 5.02 Å². The van der Waals surface area contributed by atoms with Crippen LogP contribution in [0.15, 0.2) is 85.2 Å². The van der Waals surface area contributed by atoms with Gasteiger partial charge in [-0.3, -0.25) is 4.98 Å². The van der Waals surface area contributed by atoms with Crippen molar-refractivity contribution in [3.05, 3.63) is 107 Å². The first-order chi connectivity index (χ1) is 17.5. The fourth-order valence-corrected chi connectivity index (χ4v) is 5.11. The predicted molar refractivity (Wildman–Crippen MR) is 143 cm³/mol. The molecule has 2 atom stereocenters. The average molecular weight is 519 g/mol. The topological polar surface area (TPSA) is 68.6 Å². The number of thiocarbonyl (C=S) groups is 1. The van der Waals surface area contributed by atoms with Gasteiger partial charge in [-0.15, -0.1) is 0 Å². The molecule has 0 unspecified atom stereocenters. The fraction of sp³-hybridized carbons (Fsp3) is 0.148. The normalized spacial score (nSPS) is 17.1. The number of nitrogens with zero attached hydrogens (tertiary/aromatic N) is 3. The van der Waals surface area contributed by atoms with Crippen molar-refractivity contribution in [3.63, 3.8) is 0 Å². The van der Waals surface area contributed by atoms with Crippen LogP contribution in [0.5, 0.6) is 5.75 Å². The summed E-state index contributed by atoms with van der Waals surface area (Å²) in [5, 5.41) is 4.49. The number of benzene rings is 2. The van der Waals surface area contributed by atoms with Gasteiger partial charge in [0.05, 0.1) is 36.5 Å². The minimum atomic E-state index is -0.393. The van der Waals surface area contributed by atoms with Crippen molar-refractivity contribution in [3.8, 4) is 11.4 Å². The molecule has 0 spiro atoms. The molecule has 0 aliphatic carbocycles. The lowest BCUT2D eigenvalue weighted by molar-refractivity contribution is 0.0600. The van der Waals surface area contributed by atoms with Crippen LogP contribution < -0.4 is 15.0 Å². The Kier molecular flexibility index (Phi) is 6.63. The van der Waals surface area contributed by atoms with Gasteiger partial charge in [-0.1, -0.05) is 23.7 Å². The zero-order chi connectivity index (χ0) is 25.2. The largest absolute Gasteiger partial charge is 0.495 e. The first-order valence-corrected chi connectivity index (χ1v) is 12.0. The van der Waals surface area contributed by atoms with E-state index in [0.29, 0.717) is 21.4 Å². The Labute approximate surface area is 219 Å². The number of hydrogen-bond acceptors (Lipinski definition) is 5. The maximum Gasteiger partial charge on any atom is 0.337 e. The van der Waals surface area contributed by atoms with Gasteiger partial charge >= 0.3 is 5.97 Å². The van der Waals surface area contributed by atoms with E-state index in [1.54, 1.807) is 25.4 Å². The summed E-state index contributed by atoms with van der Waals surface area (Å²) in [6.07, 6.45) is 3.73. The second kappa shape index (κ2) is 10.0. The first kappa shape index (κ1) is 23.8. The van der Waals surface area contributed by atoms with E-state index in [9.17, 15) is 4.79 Å². The zero-order valence-electron chi connectivity index (χ0n) is 19.6. The van der Waals surface area contributed by atoms with Gasteiger partial charge in [0.2, 0.25) is 0 Å². The summed E-state index contributed by atoms with van der Waals surface area (Å²) >= 11 is 12.3. The van der Waals surface area contributed by atoms with Crippen LogP contribution in [0.3, 0.4) is 0 Å². The highest BCUT2D eigenvalue weighted by Crippen LogP contribution is 2.43. The molecule has 1 aliphatic rings. The molecule has 7 nitrogen and oxygen atoms in total. The van der Waals surface area contributed by atoms with E-state index < -0.39 is 5.97 Å². The van der Waals surface area contributed by atoms with E-state index in [1.807, 2.05) is 76.3 Å². The monoisotopic (exact) mass is 518 g/mol. The minimum Gasteiger partial charge on any atom is -0.495 e. The third kappa shape index (κ3) is 4.29. The number of pyridine rings is 1. The number of rotatable bonds is 6. The summed E-state index contributed by atoms with van der Waals surface area (Å²) in [7, 11) is 2.95. The molecule has 182 valence electrons. The molecule has 4 aromatic rings. The molecule has 5 rings (SSSR count). The standard InChI is InChI=1S/C27H23ClN4O3S/c1-34-23-12-11-19(16-20(23)28)32-25(24(30-27(32)36)21-9-3-4-13-29-21)22-10-6-14-31(22)18-8-5-7-17(15-18)26(33)35-2/h3-16,24-25H,1-2H3,(H,30,36)/t24-,25-/m1/s1. The molecule has 0 amide bonds. The van der Waals surface area contributed by atoms with Crippen molar-refractivity contribution in [1.29, 1.82) is 0 Å². The van der Waals surface area contributed by atoms with Gasteiger partial charge in [0.1, 0.15) is 11.8 Å². The number of ether oxygens (including phenoxy) is 2. The number of aromatic nitrogens is 2. The van der Waals surface area contributed by atoms with Crippen molar-refractivity contribution in [2.24, 2.45) is 0 Å². The zero-order valence-corrected chi connectivity index (χ0v) is 21.2. The number of esters is 1. The van der Waals surface area contributed by atoms with Gasteiger partial charge in [0, 0.05) is 29.5 Å². The van der Waals surface area contributed by atoms with E-state index >= 15 is 0 Å². The molecule has 1 aliphatic heterocycles. The van der Waals surface area contributed by atoms with Crippen molar-refractivity contribution < 1.29 is 14.3 Å². The summed E-state index contributed by atoms with van der Waals surface area (Å²) in [4.78, 5) is 18.8. The van der Waals surface area contributed by atoms with Crippen LogP contribution in [0, 0.1) is 0 Å². The molecule has 3 heterocycles. The lowest BCUT2D eigenvalue weighted by Gasteiger charge is -2.29. The van der Waals surface area contributed by atoms with Crippen molar-refractivity contribution >= 4 is 40.6 Å². The molecule has 1 N–H and O–H groups in total.